The number of hydrogen-bond donors (Lipinski definition) is 1. The average Bonchev–Trinajstić information content (AvgIpc) is 3.04. The Morgan fingerprint density at radius 3 is 2.46 bits per heavy atom. The van der Waals surface area contributed by atoms with Gasteiger partial charge in [0.15, 0.2) is 5.78 Å². The Bertz CT molecular complexity index is 843. The van der Waals surface area contributed by atoms with Crippen molar-refractivity contribution in [3.05, 3.63) is 59.7 Å². The van der Waals surface area contributed by atoms with Crippen LogP contribution in [0.3, 0.4) is 0 Å². The van der Waals surface area contributed by atoms with E-state index >= 15 is 0 Å². The van der Waals surface area contributed by atoms with Crippen LogP contribution in [0.2, 0.25) is 0 Å². The molecule has 1 aliphatic heterocycles. The number of benzene rings is 2. The molecule has 0 radical (unpaired) electrons. The first-order chi connectivity index (χ1) is 12.5. The van der Waals surface area contributed by atoms with Gasteiger partial charge in [0.05, 0.1) is 5.92 Å². The Kier molecular flexibility index (Phi) is 5.16. The molecule has 1 heterocycles. The van der Waals surface area contributed by atoms with Gasteiger partial charge in [0, 0.05) is 29.9 Å². The molecule has 5 nitrogen and oxygen atoms in total. The van der Waals surface area contributed by atoms with Gasteiger partial charge in [-0.1, -0.05) is 25.1 Å². The molecule has 1 atom stereocenters. The minimum atomic E-state index is -0.389. The second kappa shape index (κ2) is 7.52. The quantitative estimate of drug-likeness (QED) is 0.840. The molecule has 0 bridgehead atoms. The number of carbonyl (C=O) groups excluding carboxylic acids is 3. The van der Waals surface area contributed by atoms with E-state index in [-0.39, 0.29) is 29.9 Å². The van der Waals surface area contributed by atoms with Gasteiger partial charge >= 0.3 is 0 Å². The first-order valence-electron chi connectivity index (χ1n) is 8.79. The Hall–Kier alpha value is -2.95. The molecule has 1 N–H and O–H groups in total. The van der Waals surface area contributed by atoms with E-state index < -0.39 is 0 Å². The number of anilines is 2. The molecule has 134 valence electrons. The summed E-state index contributed by atoms with van der Waals surface area (Å²) in [5.74, 6) is -0.613. The highest BCUT2D eigenvalue weighted by molar-refractivity contribution is 6.04. The molecule has 0 spiro atoms. The minimum Gasteiger partial charge on any atom is -0.326 e. The number of Topliss-reactive ketones (excluding diaryl/α,β-unsaturated/α-hetero) is 1. The van der Waals surface area contributed by atoms with Gasteiger partial charge in [0.1, 0.15) is 0 Å². The Balaban J connectivity index is 1.70. The number of ketones is 1. The summed E-state index contributed by atoms with van der Waals surface area (Å²) in [5, 5.41) is 2.84. The number of aryl methyl sites for hydroxylation is 1. The van der Waals surface area contributed by atoms with Crippen LogP contribution in [0.4, 0.5) is 11.4 Å². The molecule has 2 aromatic carbocycles. The van der Waals surface area contributed by atoms with Crippen LogP contribution < -0.4 is 10.2 Å². The second-order valence-electron chi connectivity index (χ2n) is 6.51. The molecule has 1 fully saturated rings. The number of para-hydroxylation sites is 1. The Labute approximate surface area is 153 Å². The molecule has 5 heteroatoms. The number of amides is 2. The van der Waals surface area contributed by atoms with Crippen LogP contribution in [0, 0.1) is 5.92 Å². The summed E-state index contributed by atoms with van der Waals surface area (Å²) in [6, 6.07) is 14.6. The van der Waals surface area contributed by atoms with Gasteiger partial charge in [-0.15, -0.1) is 0 Å². The highest BCUT2D eigenvalue weighted by Crippen LogP contribution is 2.29. The van der Waals surface area contributed by atoms with E-state index in [9.17, 15) is 14.4 Å². The SMILES string of the molecule is CCc1ccccc1N1C[C@@H](C(=O)Nc2ccc(C(C)=O)cc2)CC1=O. The van der Waals surface area contributed by atoms with Crippen molar-refractivity contribution in [2.45, 2.75) is 26.7 Å². The molecule has 1 saturated heterocycles. The molecule has 2 amide bonds. The largest absolute Gasteiger partial charge is 0.326 e. The van der Waals surface area contributed by atoms with E-state index in [0.29, 0.717) is 17.8 Å². The van der Waals surface area contributed by atoms with Crippen LogP contribution in [0.15, 0.2) is 48.5 Å². The van der Waals surface area contributed by atoms with Crippen molar-refractivity contribution in [2.75, 3.05) is 16.8 Å². The third-order valence-corrected chi connectivity index (χ3v) is 4.72. The maximum atomic E-state index is 12.6. The molecule has 0 aromatic heterocycles. The summed E-state index contributed by atoms with van der Waals surface area (Å²) >= 11 is 0. The van der Waals surface area contributed by atoms with E-state index in [1.54, 1.807) is 29.2 Å². The summed E-state index contributed by atoms with van der Waals surface area (Å²) in [5.41, 5.74) is 3.21. The summed E-state index contributed by atoms with van der Waals surface area (Å²) in [4.78, 5) is 38.0. The van der Waals surface area contributed by atoms with Crippen LogP contribution in [0.25, 0.3) is 0 Å². The van der Waals surface area contributed by atoms with Crippen LogP contribution in [0.5, 0.6) is 0 Å². The smallest absolute Gasteiger partial charge is 0.229 e. The van der Waals surface area contributed by atoms with Crippen molar-refractivity contribution < 1.29 is 14.4 Å². The highest BCUT2D eigenvalue weighted by Gasteiger charge is 2.35. The zero-order valence-corrected chi connectivity index (χ0v) is 15.0. The van der Waals surface area contributed by atoms with Gasteiger partial charge in [0.2, 0.25) is 11.8 Å². The highest BCUT2D eigenvalue weighted by atomic mass is 16.2. The third kappa shape index (κ3) is 3.67. The minimum absolute atomic E-state index is 0.0190. The molecular formula is C21H22N2O3. The number of nitrogens with one attached hydrogen (secondary N) is 1. The second-order valence-corrected chi connectivity index (χ2v) is 6.51. The van der Waals surface area contributed by atoms with Gasteiger partial charge in [-0.05, 0) is 49.2 Å². The van der Waals surface area contributed by atoms with Crippen molar-refractivity contribution >= 4 is 29.0 Å². The van der Waals surface area contributed by atoms with Crippen LogP contribution in [0.1, 0.15) is 36.2 Å². The topological polar surface area (TPSA) is 66.5 Å². The van der Waals surface area contributed by atoms with Crippen LogP contribution in [-0.4, -0.2) is 24.1 Å². The first kappa shape index (κ1) is 17.9. The third-order valence-electron chi connectivity index (χ3n) is 4.72. The van der Waals surface area contributed by atoms with Crippen molar-refractivity contribution in [1.29, 1.82) is 0 Å². The fraction of sp³-hybridized carbons (Fsp3) is 0.286. The van der Waals surface area contributed by atoms with Crippen LogP contribution >= 0.6 is 0 Å². The number of carbonyl (C=O) groups is 3. The van der Waals surface area contributed by atoms with E-state index in [4.69, 9.17) is 0 Å². The Morgan fingerprint density at radius 2 is 1.81 bits per heavy atom. The van der Waals surface area contributed by atoms with Gasteiger partial charge in [-0.3, -0.25) is 14.4 Å². The monoisotopic (exact) mass is 350 g/mol. The van der Waals surface area contributed by atoms with E-state index in [1.165, 1.54) is 6.92 Å². The van der Waals surface area contributed by atoms with Crippen LogP contribution in [-0.2, 0) is 16.0 Å². The lowest BCUT2D eigenvalue weighted by atomic mass is 10.1. The summed E-state index contributed by atoms with van der Waals surface area (Å²) in [6.45, 7) is 3.93. The van der Waals surface area contributed by atoms with Crippen molar-refractivity contribution in [1.82, 2.24) is 0 Å². The zero-order valence-electron chi connectivity index (χ0n) is 15.0. The first-order valence-corrected chi connectivity index (χ1v) is 8.79. The molecule has 26 heavy (non-hydrogen) atoms. The van der Waals surface area contributed by atoms with Gasteiger partial charge in [-0.25, -0.2) is 0 Å². The van der Waals surface area contributed by atoms with Gasteiger partial charge < -0.3 is 10.2 Å². The van der Waals surface area contributed by atoms with E-state index in [1.807, 2.05) is 31.2 Å². The fourth-order valence-corrected chi connectivity index (χ4v) is 3.22. The fourth-order valence-electron chi connectivity index (χ4n) is 3.22. The lowest BCUT2D eigenvalue weighted by Gasteiger charge is -2.20. The molecular weight excluding hydrogens is 328 g/mol. The predicted molar refractivity (Wildman–Crippen MR) is 101 cm³/mol. The van der Waals surface area contributed by atoms with Gasteiger partial charge in [-0.2, -0.15) is 0 Å². The summed E-state index contributed by atoms with van der Waals surface area (Å²) in [7, 11) is 0. The number of hydrogen-bond acceptors (Lipinski definition) is 3. The summed E-state index contributed by atoms with van der Waals surface area (Å²) in [6.07, 6.45) is 1.04. The lowest BCUT2D eigenvalue weighted by molar-refractivity contribution is -0.122. The molecule has 0 saturated carbocycles. The maximum Gasteiger partial charge on any atom is 0.229 e. The number of nitrogens with zero attached hydrogens (tertiary/aromatic N) is 1. The van der Waals surface area contributed by atoms with Gasteiger partial charge in [0.25, 0.3) is 0 Å². The van der Waals surface area contributed by atoms with E-state index in [0.717, 1.165) is 17.7 Å². The molecule has 2 aromatic rings. The van der Waals surface area contributed by atoms with Crippen molar-refractivity contribution in [3.63, 3.8) is 0 Å². The maximum absolute atomic E-state index is 12.6. The molecule has 0 unspecified atom stereocenters. The van der Waals surface area contributed by atoms with E-state index in [2.05, 4.69) is 5.32 Å². The normalized spacial score (nSPS) is 16.6. The van der Waals surface area contributed by atoms with Crippen molar-refractivity contribution in [3.8, 4) is 0 Å². The predicted octanol–water partition coefficient (Wildman–Crippen LogP) is 3.44. The molecule has 1 aliphatic rings. The summed E-state index contributed by atoms with van der Waals surface area (Å²) < 4.78 is 0. The molecule has 3 rings (SSSR count). The zero-order chi connectivity index (χ0) is 18.7. The average molecular weight is 350 g/mol. The molecule has 0 aliphatic carbocycles. The number of rotatable bonds is 5. The standard InChI is InChI=1S/C21H22N2O3/c1-3-15-6-4-5-7-19(15)23-13-17(12-20(23)25)21(26)22-18-10-8-16(9-11-18)14(2)24/h4-11,17H,3,12-13H2,1-2H3,(H,22,26)/t17-/m0/s1. The Morgan fingerprint density at radius 1 is 1.12 bits per heavy atom. The van der Waals surface area contributed by atoms with Crippen molar-refractivity contribution in [2.24, 2.45) is 5.92 Å². The lowest BCUT2D eigenvalue weighted by Crippen LogP contribution is -2.28.